The number of nitrogens with one attached hydrogen (secondary N) is 1. The number of benzene rings is 1. The van der Waals surface area contributed by atoms with Gasteiger partial charge in [-0.2, -0.15) is 0 Å². The normalized spacial score (nSPS) is 17.7. The summed E-state index contributed by atoms with van der Waals surface area (Å²) in [5, 5.41) is 3.54. The third-order valence-electron chi connectivity index (χ3n) is 3.34. The first kappa shape index (κ1) is 14.1. The van der Waals surface area contributed by atoms with Crippen molar-refractivity contribution in [3.05, 3.63) is 47.7 Å². The van der Waals surface area contributed by atoms with Crippen LogP contribution in [0.25, 0.3) is 0 Å². The van der Waals surface area contributed by atoms with Crippen LogP contribution in [0.2, 0.25) is 0 Å². The second kappa shape index (κ2) is 7.31. The lowest BCUT2D eigenvalue weighted by atomic mass is 10.00. The molecule has 19 heavy (non-hydrogen) atoms. The van der Waals surface area contributed by atoms with Crippen LogP contribution < -0.4 is 5.32 Å². The Labute approximate surface area is 115 Å². The Hall–Kier alpha value is -1.32. The van der Waals surface area contributed by atoms with Gasteiger partial charge in [-0.15, -0.1) is 0 Å². The molecule has 1 aromatic rings. The summed E-state index contributed by atoms with van der Waals surface area (Å²) in [7, 11) is 1.76. The van der Waals surface area contributed by atoms with Crippen LogP contribution in [0.4, 0.5) is 0 Å². The van der Waals surface area contributed by atoms with Crippen LogP contribution in [0.15, 0.2) is 42.2 Å². The number of methoxy groups -OCH3 is 1. The Balaban J connectivity index is 2.19. The van der Waals surface area contributed by atoms with E-state index < -0.39 is 0 Å². The van der Waals surface area contributed by atoms with Crippen molar-refractivity contribution >= 4 is 0 Å². The first-order chi connectivity index (χ1) is 9.36. The Kier molecular flexibility index (Phi) is 5.43. The van der Waals surface area contributed by atoms with E-state index in [4.69, 9.17) is 9.47 Å². The number of hydrogen-bond acceptors (Lipinski definition) is 3. The van der Waals surface area contributed by atoms with E-state index in [-0.39, 0.29) is 12.1 Å². The highest BCUT2D eigenvalue weighted by Gasteiger charge is 2.28. The minimum atomic E-state index is -0.0166. The van der Waals surface area contributed by atoms with Gasteiger partial charge in [-0.25, -0.2) is 0 Å². The van der Waals surface area contributed by atoms with Gasteiger partial charge >= 0.3 is 0 Å². The molecule has 0 saturated carbocycles. The van der Waals surface area contributed by atoms with E-state index in [0.29, 0.717) is 0 Å². The summed E-state index contributed by atoms with van der Waals surface area (Å²) in [4.78, 5) is 0. The highest BCUT2D eigenvalue weighted by Crippen LogP contribution is 2.28. The lowest BCUT2D eigenvalue weighted by Crippen LogP contribution is -2.38. The zero-order valence-electron chi connectivity index (χ0n) is 11.8. The fourth-order valence-corrected chi connectivity index (χ4v) is 2.42. The zero-order valence-corrected chi connectivity index (χ0v) is 11.8. The molecule has 0 fully saturated rings. The van der Waals surface area contributed by atoms with Crippen LogP contribution in [-0.4, -0.2) is 26.3 Å². The molecule has 0 spiro atoms. The summed E-state index contributed by atoms with van der Waals surface area (Å²) in [5.41, 5.74) is 1.18. The molecule has 0 aliphatic carbocycles. The van der Waals surface area contributed by atoms with Crippen molar-refractivity contribution in [1.82, 2.24) is 5.32 Å². The summed E-state index contributed by atoms with van der Waals surface area (Å²) in [6.45, 7) is 3.90. The fourth-order valence-electron chi connectivity index (χ4n) is 2.42. The average molecular weight is 261 g/mol. The van der Waals surface area contributed by atoms with Crippen molar-refractivity contribution in [2.75, 3.05) is 20.3 Å². The molecule has 2 rings (SSSR count). The van der Waals surface area contributed by atoms with Crippen LogP contribution in [0, 0.1) is 0 Å². The molecule has 1 aliphatic rings. The molecule has 2 atom stereocenters. The molecule has 0 amide bonds. The van der Waals surface area contributed by atoms with Gasteiger partial charge in [-0.1, -0.05) is 37.3 Å². The number of rotatable bonds is 7. The van der Waals surface area contributed by atoms with Crippen LogP contribution >= 0.6 is 0 Å². The maximum atomic E-state index is 5.74. The molecule has 0 radical (unpaired) electrons. The van der Waals surface area contributed by atoms with E-state index in [1.807, 2.05) is 18.2 Å². The van der Waals surface area contributed by atoms with Gasteiger partial charge in [0.05, 0.1) is 12.6 Å². The largest absolute Gasteiger partial charge is 0.496 e. The highest BCUT2D eigenvalue weighted by atomic mass is 16.5. The Morgan fingerprint density at radius 2 is 2.11 bits per heavy atom. The maximum Gasteiger partial charge on any atom is 0.112 e. The van der Waals surface area contributed by atoms with E-state index in [0.717, 1.165) is 31.8 Å². The van der Waals surface area contributed by atoms with E-state index >= 15 is 0 Å². The first-order valence-corrected chi connectivity index (χ1v) is 7.00. The Morgan fingerprint density at radius 3 is 2.68 bits per heavy atom. The van der Waals surface area contributed by atoms with Crippen molar-refractivity contribution in [2.45, 2.75) is 31.9 Å². The minimum absolute atomic E-state index is 0.0166. The molecule has 1 aromatic carbocycles. The zero-order chi connectivity index (χ0) is 13.5. The molecule has 1 N–H and O–H groups in total. The molecular weight excluding hydrogens is 238 g/mol. The van der Waals surface area contributed by atoms with Gasteiger partial charge in [0.1, 0.15) is 11.9 Å². The van der Waals surface area contributed by atoms with E-state index in [1.165, 1.54) is 5.56 Å². The molecular formula is C16H23NO2. The monoisotopic (exact) mass is 261 g/mol. The van der Waals surface area contributed by atoms with Gasteiger partial charge in [0.25, 0.3) is 0 Å². The van der Waals surface area contributed by atoms with E-state index in [2.05, 4.69) is 30.4 Å². The van der Waals surface area contributed by atoms with Gasteiger partial charge in [0.2, 0.25) is 0 Å². The minimum Gasteiger partial charge on any atom is -0.496 e. The number of hydrogen-bond donors (Lipinski definition) is 1. The molecule has 0 aromatic heterocycles. The summed E-state index contributed by atoms with van der Waals surface area (Å²) in [6.07, 6.45) is 4.24. The lowest BCUT2D eigenvalue weighted by molar-refractivity contribution is 0.0577. The molecule has 104 valence electrons. The SMILES string of the molecule is CCCNC(C1=CCCO1)C(OC)c1ccccc1. The Morgan fingerprint density at radius 1 is 1.32 bits per heavy atom. The quantitative estimate of drug-likeness (QED) is 0.818. The first-order valence-electron chi connectivity index (χ1n) is 7.00. The molecule has 3 nitrogen and oxygen atoms in total. The van der Waals surface area contributed by atoms with Crippen molar-refractivity contribution in [1.29, 1.82) is 0 Å². The summed E-state index contributed by atoms with van der Waals surface area (Å²) in [5.74, 6) is 1.02. The van der Waals surface area contributed by atoms with Crippen molar-refractivity contribution < 1.29 is 9.47 Å². The molecule has 1 aliphatic heterocycles. The van der Waals surface area contributed by atoms with Crippen LogP contribution in [-0.2, 0) is 9.47 Å². The predicted molar refractivity (Wildman–Crippen MR) is 76.9 cm³/mol. The molecule has 3 heteroatoms. The van der Waals surface area contributed by atoms with E-state index in [9.17, 15) is 0 Å². The molecule has 1 heterocycles. The smallest absolute Gasteiger partial charge is 0.112 e. The topological polar surface area (TPSA) is 30.5 Å². The van der Waals surface area contributed by atoms with Crippen molar-refractivity contribution in [2.24, 2.45) is 0 Å². The predicted octanol–water partition coefficient (Wildman–Crippen LogP) is 3.05. The van der Waals surface area contributed by atoms with Gasteiger partial charge < -0.3 is 14.8 Å². The standard InChI is InChI=1S/C16H23NO2/c1-3-11-17-15(14-10-7-12-19-14)16(18-2)13-8-5-4-6-9-13/h4-6,8-10,15-17H,3,7,11-12H2,1-2H3. The molecule has 2 unspecified atom stereocenters. The molecule has 0 bridgehead atoms. The average Bonchev–Trinajstić information content (AvgIpc) is 2.98. The second-order valence-corrected chi connectivity index (χ2v) is 4.74. The van der Waals surface area contributed by atoms with Crippen molar-refractivity contribution in [3.8, 4) is 0 Å². The second-order valence-electron chi connectivity index (χ2n) is 4.74. The fraction of sp³-hybridized carbons (Fsp3) is 0.500. The number of ether oxygens (including phenoxy) is 2. The van der Waals surface area contributed by atoms with E-state index in [1.54, 1.807) is 7.11 Å². The van der Waals surface area contributed by atoms with Crippen LogP contribution in [0.1, 0.15) is 31.4 Å². The summed E-state index contributed by atoms with van der Waals surface area (Å²) < 4.78 is 11.5. The third kappa shape index (κ3) is 3.58. The van der Waals surface area contributed by atoms with Gasteiger partial charge in [-0.05, 0) is 24.6 Å². The molecule has 0 saturated heterocycles. The highest BCUT2D eigenvalue weighted by molar-refractivity contribution is 5.23. The van der Waals surface area contributed by atoms with Gasteiger partial charge in [0, 0.05) is 13.5 Å². The van der Waals surface area contributed by atoms with Gasteiger partial charge in [0.15, 0.2) is 0 Å². The lowest BCUT2D eigenvalue weighted by Gasteiger charge is -2.28. The summed E-state index contributed by atoms with van der Waals surface area (Å²) >= 11 is 0. The van der Waals surface area contributed by atoms with Crippen LogP contribution in [0.3, 0.4) is 0 Å². The van der Waals surface area contributed by atoms with Crippen LogP contribution in [0.5, 0.6) is 0 Å². The summed E-state index contributed by atoms with van der Waals surface area (Å²) in [6, 6.07) is 10.4. The maximum absolute atomic E-state index is 5.74. The van der Waals surface area contributed by atoms with Crippen molar-refractivity contribution in [3.63, 3.8) is 0 Å². The third-order valence-corrected chi connectivity index (χ3v) is 3.34. The van der Waals surface area contributed by atoms with Gasteiger partial charge in [-0.3, -0.25) is 0 Å². The Bertz CT molecular complexity index is 402.